The van der Waals surface area contributed by atoms with Gasteiger partial charge < -0.3 is 20.9 Å². The second kappa shape index (κ2) is 4.57. The molecule has 0 unspecified atom stereocenters. The van der Waals surface area contributed by atoms with Crippen LogP contribution in [0, 0.1) is 5.82 Å². The highest BCUT2D eigenvalue weighted by molar-refractivity contribution is 5.62. The van der Waals surface area contributed by atoms with E-state index < -0.39 is 11.4 Å². The van der Waals surface area contributed by atoms with Crippen LogP contribution in [-0.4, -0.2) is 24.4 Å². The smallest absolute Gasteiger partial charge is 0.148 e. The van der Waals surface area contributed by atoms with Crippen LogP contribution in [0.25, 0.3) is 0 Å². The molecule has 1 aromatic rings. The molecule has 90 valence electrons. The van der Waals surface area contributed by atoms with E-state index in [1.807, 2.05) is 0 Å². The highest BCUT2D eigenvalue weighted by Gasteiger charge is 2.18. The number of nitrogens with two attached hydrogens (primary N) is 1. The van der Waals surface area contributed by atoms with E-state index in [0.29, 0.717) is 5.75 Å². The summed E-state index contributed by atoms with van der Waals surface area (Å²) in [6.07, 6.45) is 0. The molecular formula is C11H17FN2O2. The van der Waals surface area contributed by atoms with Crippen LogP contribution >= 0.6 is 0 Å². The molecule has 1 rings (SSSR count). The Bertz CT molecular complexity index is 380. The fourth-order valence-corrected chi connectivity index (χ4v) is 1.25. The molecule has 4 N–H and O–H groups in total. The average molecular weight is 228 g/mol. The Kier molecular flexibility index (Phi) is 3.59. The number of rotatable bonds is 4. The molecule has 0 aliphatic heterocycles. The summed E-state index contributed by atoms with van der Waals surface area (Å²) in [5.74, 6) is -0.0718. The Hall–Kier alpha value is -1.49. The van der Waals surface area contributed by atoms with Crippen LogP contribution in [0.2, 0.25) is 0 Å². The number of aliphatic hydroxyl groups is 1. The number of nitrogens with one attached hydrogen (secondary N) is 1. The lowest BCUT2D eigenvalue weighted by molar-refractivity contribution is 0.234. The minimum Gasteiger partial charge on any atom is -0.495 e. The van der Waals surface area contributed by atoms with Crippen LogP contribution in [-0.2, 0) is 0 Å². The third-order valence-electron chi connectivity index (χ3n) is 2.19. The highest BCUT2D eigenvalue weighted by atomic mass is 19.1. The summed E-state index contributed by atoms with van der Waals surface area (Å²) < 4.78 is 18.5. The first kappa shape index (κ1) is 12.6. The van der Waals surface area contributed by atoms with Gasteiger partial charge in [0, 0.05) is 12.1 Å². The van der Waals surface area contributed by atoms with Crippen molar-refractivity contribution in [3.63, 3.8) is 0 Å². The van der Waals surface area contributed by atoms with Crippen molar-refractivity contribution in [2.45, 2.75) is 19.4 Å². The van der Waals surface area contributed by atoms with Crippen LogP contribution in [0.4, 0.5) is 15.8 Å². The van der Waals surface area contributed by atoms with Gasteiger partial charge in [-0.1, -0.05) is 0 Å². The quantitative estimate of drug-likeness (QED) is 0.685. The van der Waals surface area contributed by atoms with E-state index in [4.69, 9.17) is 15.6 Å². The Morgan fingerprint density at radius 1 is 1.50 bits per heavy atom. The number of aliphatic hydroxyl groups excluding tert-OH is 1. The first-order valence-corrected chi connectivity index (χ1v) is 4.91. The van der Waals surface area contributed by atoms with Crippen LogP contribution < -0.4 is 15.8 Å². The SMILES string of the molecule is COc1cc(NC(C)(C)CO)c(F)cc1N. The van der Waals surface area contributed by atoms with Crippen LogP contribution in [0.15, 0.2) is 12.1 Å². The van der Waals surface area contributed by atoms with Gasteiger partial charge in [0.15, 0.2) is 0 Å². The number of hydrogen-bond acceptors (Lipinski definition) is 4. The second-order valence-electron chi connectivity index (χ2n) is 4.24. The summed E-state index contributed by atoms with van der Waals surface area (Å²) in [7, 11) is 1.46. The molecule has 0 saturated carbocycles. The third kappa shape index (κ3) is 2.76. The van der Waals surface area contributed by atoms with Gasteiger partial charge in [-0.15, -0.1) is 0 Å². The Balaban J connectivity index is 3.05. The standard InChI is InChI=1S/C11H17FN2O2/c1-11(2,6-15)14-9-5-10(16-3)8(13)4-7(9)12/h4-5,14-15H,6,13H2,1-3H3. The molecule has 0 radical (unpaired) electrons. The Morgan fingerprint density at radius 3 is 2.62 bits per heavy atom. The number of nitrogen functional groups attached to an aromatic ring is 1. The zero-order valence-electron chi connectivity index (χ0n) is 9.67. The summed E-state index contributed by atoms with van der Waals surface area (Å²) in [4.78, 5) is 0. The predicted octanol–water partition coefficient (Wildman–Crippen LogP) is 1.60. The number of anilines is 2. The third-order valence-corrected chi connectivity index (χ3v) is 2.19. The van der Waals surface area contributed by atoms with Gasteiger partial charge in [0.2, 0.25) is 0 Å². The lowest BCUT2D eigenvalue weighted by Gasteiger charge is -2.25. The molecule has 0 aliphatic rings. The van der Waals surface area contributed by atoms with Crippen molar-refractivity contribution in [1.82, 2.24) is 0 Å². The van der Waals surface area contributed by atoms with E-state index in [2.05, 4.69) is 5.32 Å². The molecule has 1 aromatic carbocycles. The monoisotopic (exact) mass is 228 g/mol. The minimum absolute atomic E-state index is 0.112. The average Bonchev–Trinajstić information content (AvgIpc) is 2.22. The van der Waals surface area contributed by atoms with E-state index in [9.17, 15) is 4.39 Å². The second-order valence-corrected chi connectivity index (χ2v) is 4.24. The van der Waals surface area contributed by atoms with Gasteiger partial charge in [0.25, 0.3) is 0 Å². The fourth-order valence-electron chi connectivity index (χ4n) is 1.25. The van der Waals surface area contributed by atoms with E-state index in [0.717, 1.165) is 0 Å². The number of halogens is 1. The number of hydrogen-bond donors (Lipinski definition) is 3. The van der Waals surface area contributed by atoms with Crippen molar-refractivity contribution in [3.8, 4) is 5.75 Å². The molecule has 0 fully saturated rings. The molecular weight excluding hydrogens is 211 g/mol. The summed E-state index contributed by atoms with van der Waals surface area (Å²) in [6, 6.07) is 2.66. The molecule has 0 aliphatic carbocycles. The predicted molar refractivity (Wildman–Crippen MR) is 62.2 cm³/mol. The summed E-state index contributed by atoms with van der Waals surface area (Å²) >= 11 is 0. The lowest BCUT2D eigenvalue weighted by Crippen LogP contribution is -2.35. The van der Waals surface area contributed by atoms with Crippen molar-refractivity contribution < 1.29 is 14.2 Å². The minimum atomic E-state index is -0.609. The maximum Gasteiger partial charge on any atom is 0.148 e. The number of benzene rings is 1. The molecule has 0 atom stereocenters. The van der Waals surface area contributed by atoms with E-state index >= 15 is 0 Å². The van der Waals surface area contributed by atoms with Gasteiger partial charge in [-0.05, 0) is 13.8 Å². The molecule has 16 heavy (non-hydrogen) atoms. The highest BCUT2D eigenvalue weighted by Crippen LogP contribution is 2.29. The van der Waals surface area contributed by atoms with Crippen molar-refractivity contribution in [2.24, 2.45) is 0 Å². The van der Waals surface area contributed by atoms with Crippen molar-refractivity contribution in [3.05, 3.63) is 17.9 Å². The van der Waals surface area contributed by atoms with E-state index in [1.54, 1.807) is 13.8 Å². The fraction of sp³-hybridized carbons (Fsp3) is 0.455. The molecule has 0 bridgehead atoms. The van der Waals surface area contributed by atoms with Crippen LogP contribution in [0.1, 0.15) is 13.8 Å². The van der Waals surface area contributed by atoms with Gasteiger partial charge in [-0.2, -0.15) is 0 Å². The van der Waals surface area contributed by atoms with Crippen LogP contribution in [0.3, 0.4) is 0 Å². The zero-order valence-corrected chi connectivity index (χ0v) is 9.67. The Labute approximate surface area is 94.2 Å². The molecule has 0 amide bonds. The van der Waals surface area contributed by atoms with E-state index in [-0.39, 0.29) is 18.0 Å². The summed E-state index contributed by atoms with van der Waals surface area (Å²) in [6.45, 7) is 3.41. The molecule has 4 nitrogen and oxygen atoms in total. The summed E-state index contributed by atoms with van der Waals surface area (Å²) in [5.41, 5.74) is 5.44. The molecule has 0 aromatic heterocycles. The first-order chi connectivity index (χ1) is 7.39. The number of methoxy groups -OCH3 is 1. The zero-order chi connectivity index (χ0) is 12.3. The van der Waals surface area contributed by atoms with Gasteiger partial charge in [0.1, 0.15) is 11.6 Å². The Morgan fingerprint density at radius 2 is 2.12 bits per heavy atom. The van der Waals surface area contributed by atoms with Gasteiger partial charge >= 0.3 is 0 Å². The van der Waals surface area contributed by atoms with Crippen molar-refractivity contribution >= 4 is 11.4 Å². The largest absolute Gasteiger partial charge is 0.495 e. The number of ether oxygens (including phenoxy) is 1. The topological polar surface area (TPSA) is 67.5 Å². The van der Waals surface area contributed by atoms with Crippen molar-refractivity contribution in [2.75, 3.05) is 24.8 Å². The molecule has 0 saturated heterocycles. The van der Waals surface area contributed by atoms with Gasteiger partial charge in [0.05, 0.1) is 30.6 Å². The van der Waals surface area contributed by atoms with Crippen molar-refractivity contribution in [1.29, 1.82) is 0 Å². The van der Waals surface area contributed by atoms with Gasteiger partial charge in [-0.25, -0.2) is 4.39 Å². The maximum atomic E-state index is 13.6. The van der Waals surface area contributed by atoms with Gasteiger partial charge in [-0.3, -0.25) is 0 Å². The normalized spacial score (nSPS) is 11.3. The van der Waals surface area contributed by atoms with Crippen LogP contribution in [0.5, 0.6) is 5.75 Å². The molecule has 0 spiro atoms. The maximum absolute atomic E-state index is 13.6. The first-order valence-electron chi connectivity index (χ1n) is 4.91. The lowest BCUT2D eigenvalue weighted by atomic mass is 10.1. The van der Waals surface area contributed by atoms with E-state index in [1.165, 1.54) is 19.2 Å². The molecule has 0 heterocycles. The molecule has 5 heteroatoms. The summed E-state index contributed by atoms with van der Waals surface area (Å²) in [5, 5.41) is 12.0.